The third kappa shape index (κ3) is 1.83. The van der Waals surface area contributed by atoms with E-state index in [9.17, 15) is 5.11 Å². The van der Waals surface area contributed by atoms with Crippen LogP contribution in [0.15, 0.2) is 30.5 Å². The highest BCUT2D eigenvalue weighted by atomic mass is 16.3. The van der Waals surface area contributed by atoms with Gasteiger partial charge in [-0.25, -0.2) is 0 Å². The van der Waals surface area contributed by atoms with Crippen molar-refractivity contribution in [3.63, 3.8) is 0 Å². The third-order valence-electron chi connectivity index (χ3n) is 1.49. The van der Waals surface area contributed by atoms with Gasteiger partial charge in [-0.3, -0.25) is 0 Å². The number of benzene rings is 1. The molecule has 0 heterocycles. The van der Waals surface area contributed by atoms with Gasteiger partial charge in [0.25, 0.3) is 0 Å². The molecule has 0 aromatic heterocycles. The molecule has 0 aliphatic heterocycles. The van der Waals surface area contributed by atoms with Crippen molar-refractivity contribution in [2.24, 2.45) is 0 Å². The van der Waals surface area contributed by atoms with Gasteiger partial charge in [0.2, 0.25) is 11.2 Å². The van der Waals surface area contributed by atoms with Crippen LogP contribution in [0.25, 0.3) is 10.7 Å². The number of nitrogens with zero attached hydrogens (tertiary/aromatic N) is 2. The van der Waals surface area contributed by atoms with E-state index >= 15 is 0 Å². The highest BCUT2D eigenvalue weighted by molar-refractivity contribution is 5.59. The van der Waals surface area contributed by atoms with Crippen molar-refractivity contribution in [2.75, 3.05) is 0 Å². The summed E-state index contributed by atoms with van der Waals surface area (Å²) in [6, 6.07) is 7.29. The van der Waals surface area contributed by atoms with Gasteiger partial charge >= 0.3 is 6.20 Å². The maximum atomic E-state index is 9.25. The van der Waals surface area contributed by atoms with Gasteiger partial charge in [-0.2, -0.15) is 0 Å². The molecule has 0 aliphatic carbocycles. The smallest absolute Gasteiger partial charge is 0.392 e. The molecular weight excluding hydrogens is 152 g/mol. The molecule has 3 nitrogen and oxygen atoms in total. The summed E-state index contributed by atoms with van der Waals surface area (Å²) >= 11 is 0. The van der Waals surface area contributed by atoms with Gasteiger partial charge in [0.05, 0.1) is 0 Å². The van der Waals surface area contributed by atoms with E-state index in [1.54, 1.807) is 12.1 Å². The summed E-state index contributed by atoms with van der Waals surface area (Å²) < 4.78 is 0. The van der Waals surface area contributed by atoms with E-state index in [1.165, 1.54) is 0 Å². The van der Waals surface area contributed by atoms with Crippen molar-refractivity contribution < 1.29 is 5.11 Å². The van der Waals surface area contributed by atoms with Gasteiger partial charge in [0.1, 0.15) is 0 Å². The Morgan fingerprint density at radius 2 is 2.33 bits per heavy atom. The van der Waals surface area contributed by atoms with E-state index in [4.69, 9.17) is 5.39 Å². The predicted molar refractivity (Wildman–Crippen MR) is 46.9 cm³/mol. The third-order valence-corrected chi connectivity index (χ3v) is 1.49. The second-order valence-corrected chi connectivity index (χ2v) is 2.50. The van der Waals surface area contributed by atoms with Gasteiger partial charge in [-0.05, 0) is 13.0 Å². The number of rotatable bonds is 1. The Hall–Kier alpha value is -1.82. The van der Waals surface area contributed by atoms with Crippen molar-refractivity contribution in [1.82, 2.24) is 0 Å². The second-order valence-electron chi connectivity index (χ2n) is 2.50. The lowest BCUT2D eigenvalue weighted by molar-refractivity contribution is 0.511. The SMILES string of the molecule is Cc1cccc(/C(O)=C\[N+]#N)c1. The zero-order valence-corrected chi connectivity index (χ0v) is 6.73. The maximum absolute atomic E-state index is 9.25. The zero-order chi connectivity index (χ0) is 8.97. The highest BCUT2D eigenvalue weighted by Crippen LogP contribution is 2.12. The average Bonchev–Trinajstić information content (AvgIpc) is 2.05. The standard InChI is InChI=1S/C9H8N2O/c1-7-3-2-4-8(5-7)9(12)6-11-10/h2-6H,1H3/p+1/b9-6+. The Morgan fingerprint density at radius 1 is 1.58 bits per heavy atom. The van der Waals surface area contributed by atoms with Crippen LogP contribution in [0, 0.1) is 12.3 Å². The molecule has 1 rings (SSSR count). The minimum Gasteiger partial charge on any atom is -0.501 e. The summed E-state index contributed by atoms with van der Waals surface area (Å²) in [4.78, 5) is 2.73. The fraction of sp³-hybridized carbons (Fsp3) is 0.111. The van der Waals surface area contributed by atoms with E-state index < -0.39 is 0 Å². The van der Waals surface area contributed by atoms with Gasteiger partial charge in [0, 0.05) is 5.56 Å². The van der Waals surface area contributed by atoms with Crippen LogP contribution in [0.2, 0.25) is 0 Å². The highest BCUT2D eigenvalue weighted by Gasteiger charge is 2.02. The van der Waals surface area contributed by atoms with E-state index in [0.717, 1.165) is 11.8 Å². The lowest BCUT2D eigenvalue weighted by Crippen LogP contribution is -1.82. The largest absolute Gasteiger partial charge is 0.501 e. The first-order valence-electron chi connectivity index (χ1n) is 3.54. The van der Waals surface area contributed by atoms with E-state index in [2.05, 4.69) is 4.98 Å². The maximum Gasteiger partial charge on any atom is 0.392 e. The van der Waals surface area contributed by atoms with Gasteiger partial charge in [0.15, 0.2) is 4.98 Å². The molecule has 0 unspecified atom stereocenters. The fourth-order valence-corrected chi connectivity index (χ4v) is 0.934. The summed E-state index contributed by atoms with van der Waals surface area (Å²) in [6.45, 7) is 1.92. The molecule has 0 spiro atoms. The van der Waals surface area contributed by atoms with Crippen molar-refractivity contribution in [2.45, 2.75) is 6.92 Å². The Kier molecular flexibility index (Phi) is 2.44. The molecule has 0 radical (unpaired) electrons. The second kappa shape index (κ2) is 3.54. The molecule has 60 valence electrons. The lowest BCUT2D eigenvalue weighted by Gasteiger charge is -1.96. The normalized spacial score (nSPS) is 10.8. The average molecular weight is 161 g/mol. The van der Waals surface area contributed by atoms with Gasteiger partial charge < -0.3 is 5.11 Å². The molecule has 0 fully saturated rings. The summed E-state index contributed by atoms with van der Waals surface area (Å²) in [7, 11) is 0. The Morgan fingerprint density at radius 3 is 2.92 bits per heavy atom. The van der Waals surface area contributed by atoms with Gasteiger partial charge in [-0.1, -0.05) is 23.8 Å². The summed E-state index contributed by atoms with van der Waals surface area (Å²) in [5.41, 5.74) is 1.69. The molecule has 1 aromatic carbocycles. The summed E-state index contributed by atoms with van der Waals surface area (Å²) in [6.07, 6.45) is 0.995. The molecule has 0 saturated heterocycles. The molecular formula is C9H9N2O+. The van der Waals surface area contributed by atoms with Crippen LogP contribution < -0.4 is 0 Å². The van der Waals surface area contributed by atoms with E-state index in [-0.39, 0.29) is 5.76 Å². The minimum atomic E-state index is -0.0406. The molecule has 12 heavy (non-hydrogen) atoms. The van der Waals surface area contributed by atoms with Crippen LogP contribution in [0.3, 0.4) is 0 Å². The monoisotopic (exact) mass is 161 g/mol. The van der Waals surface area contributed by atoms with Crippen LogP contribution >= 0.6 is 0 Å². The molecule has 3 heteroatoms. The number of aliphatic hydroxyl groups excluding tert-OH is 1. The van der Waals surface area contributed by atoms with Crippen LogP contribution in [0.4, 0.5) is 0 Å². The lowest BCUT2D eigenvalue weighted by atomic mass is 10.1. The van der Waals surface area contributed by atoms with Crippen LogP contribution in [0.5, 0.6) is 0 Å². The van der Waals surface area contributed by atoms with Crippen molar-refractivity contribution >= 4 is 5.76 Å². The first kappa shape index (κ1) is 8.28. The molecule has 0 amide bonds. The number of hydrogen-bond acceptors (Lipinski definition) is 2. The molecule has 1 N–H and O–H groups in total. The number of hydrogen-bond donors (Lipinski definition) is 1. The molecule has 1 aromatic rings. The van der Waals surface area contributed by atoms with Crippen molar-refractivity contribution in [3.05, 3.63) is 46.6 Å². The molecule has 0 bridgehead atoms. The van der Waals surface area contributed by atoms with E-state index in [0.29, 0.717) is 5.56 Å². The summed E-state index contributed by atoms with van der Waals surface area (Å²) in [5.74, 6) is -0.0406. The predicted octanol–water partition coefficient (Wildman–Crippen LogP) is 2.70. The van der Waals surface area contributed by atoms with E-state index in [1.807, 2.05) is 19.1 Å². The number of aryl methyl sites for hydroxylation is 1. The summed E-state index contributed by atoms with van der Waals surface area (Å²) in [5, 5.41) is 17.4. The quantitative estimate of drug-likeness (QED) is 0.508. The van der Waals surface area contributed by atoms with Crippen LogP contribution in [-0.2, 0) is 0 Å². The minimum absolute atomic E-state index is 0.0406. The van der Waals surface area contributed by atoms with Crippen LogP contribution in [-0.4, -0.2) is 5.11 Å². The first-order chi connectivity index (χ1) is 5.74. The zero-order valence-electron chi connectivity index (χ0n) is 6.73. The number of diazo groups is 1. The Bertz CT molecular complexity index is 350. The first-order valence-corrected chi connectivity index (χ1v) is 3.54. The van der Waals surface area contributed by atoms with Crippen molar-refractivity contribution in [1.29, 1.82) is 5.39 Å². The van der Waals surface area contributed by atoms with Gasteiger partial charge in [-0.15, -0.1) is 0 Å². The molecule has 0 saturated carbocycles. The number of aliphatic hydroxyl groups is 1. The van der Waals surface area contributed by atoms with Crippen molar-refractivity contribution in [3.8, 4) is 0 Å². The topological polar surface area (TPSA) is 48.4 Å². The molecule has 0 atom stereocenters. The Labute approximate surface area is 70.6 Å². The van der Waals surface area contributed by atoms with Crippen LogP contribution in [0.1, 0.15) is 11.1 Å². The Balaban J connectivity index is 3.05. The fourth-order valence-electron chi connectivity index (χ4n) is 0.934. The molecule has 0 aliphatic rings.